The summed E-state index contributed by atoms with van der Waals surface area (Å²) in [6.07, 6.45) is 0.501. The highest BCUT2D eigenvalue weighted by Gasteiger charge is 2.21. The molecule has 0 heterocycles. The van der Waals surface area contributed by atoms with Crippen LogP contribution in [-0.2, 0) is 19.2 Å². The monoisotopic (exact) mass is 381 g/mol. The molecule has 3 amide bonds. The van der Waals surface area contributed by atoms with E-state index in [0.717, 1.165) is 0 Å². The van der Waals surface area contributed by atoms with Gasteiger partial charge in [-0.2, -0.15) is 0 Å². The molecular formula is C13H25N4O7S. The minimum atomic E-state index is -1.25. The van der Waals surface area contributed by atoms with Crippen molar-refractivity contribution in [2.75, 3.05) is 25.1 Å². The van der Waals surface area contributed by atoms with Crippen LogP contribution >= 0.6 is 11.2 Å². The summed E-state index contributed by atoms with van der Waals surface area (Å²) in [7, 11) is 0. The van der Waals surface area contributed by atoms with Gasteiger partial charge >= 0.3 is 5.97 Å². The number of carboxylic acids is 1. The number of amides is 3. The first-order valence-electron chi connectivity index (χ1n) is 7.36. The van der Waals surface area contributed by atoms with Crippen molar-refractivity contribution >= 4 is 34.9 Å². The number of rotatable bonds is 11. The van der Waals surface area contributed by atoms with E-state index in [1.165, 1.54) is 13.2 Å². The SMILES string of the molecule is C[C@@H](O)[C@H](N)C(=O)NCC(=O)NCC(=O)N[C@@H](CC[S](C)O)C(=O)O. The molecule has 0 rings (SSSR count). The standard InChI is InChI=1S/C13H25N4O7S/c1-7(18)11(14)12(21)16-5-9(19)15-6-10(20)17-8(13(22)23)3-4-25(2)24/h7-8,11,18,24H,3-6,14H2,1-2H3,(H,15,19)(H,16,21)(H,17,20)(H,22,23)/t7-,8+,11+/m1/s1. The van der Waals surface area contributed by atoms with Crippen LogP contribution in [0.5, 0.6) is 0 Å². The Kier molecular flexibility index (Phi) is 10.7. The molecule has 0 aliphatic carbocycles. The lowest BCUT2D eigenvalue weighted by Crippen LogP contribution is -2.50. The second-order valence-electron chi connectivity index (χ2n) is 5.31. The first-order chi connectivity index (χ1) is 11.5. The lowest BCUT2D eigenvalue weighted by Gasteiger charge is -2.16. The van der Waals surface area contributed by atoms with E-state index in [1.807, 2.05) is 0 Å². The number of aliphatic hydroxyl groups is 1. The van der Waals surface area contributed by atoms with Crippen LogP contribution in [0.25, 0.3) is 0 Å². The zero-order valence-corrected chi connectivity index (χ0v) is 14.8. The Morgan fingerprint density at radius 1 is 1.12 bits per heavy atom. The van der Waals surface area contributed by atoms with E-state index in [1.54, 1.807) is 0 Å². The van der Waals surface area contributed by atoms with E-state index in [-0.39, 0.29) is 12.2 Å². The highest BCUT2D eigenvalue weighted by atomic mass is 32.2. The summed E-state index contributed by atoms with van der Waals surface area (Å²) in [6, 6.07) is -2.35. The van der Waals surface area contributed by atoms with E-state index in [0.29, 0.717) is 0 Å². The Labute approximate surface area is 147 Å². The molecule has 0 saturated carbocycles. The number of hydrogen-bond donors (Lipinski definition) is 7. The minimum absolute atomic E-state index is 0.0540. The molecule has 0 unspecified atom stereocenters. The molecule has 0 aromatic heterocycles. The van der Waals surface area contributed by atoms with E-state index in [2.05, 4.69) is 16.0 Å². The van der Waals surface area contributed by atoms with Gasteiger partial charge in [-0.3, -0.25) is 14.4 Å². The van der Waals surface area contributed by atoms with Gasteiger partial charge in [0.15, 0.2) is 0 Å². The lowest BCUT2D eigenvalue weighted by atomic mass is 10.2. The Morgan fingerprint density at radius 3 is 2.16 bits per heavy atom. The fourth-order valence-corrected chi connectivity index (χ4v) is 2.11. The van der Waals surface area contributed by atoms with Crippen molar-refractivity contribution < 1.29 is 33.9 Å². The third kappa shape index (κ3) is 10.6. The molecule has 3 atom stereocenters. The number of hydrogen-bond acceptors (Lipinski definition) is 7. The van der Waals surface area contributed by atoms with Crippen molar-refractivity contribution in [3.8, 4) is 0 Å². The third-order valence-corrected chi connectivity index (χ3v) is 3.85. The van der Waals surface area contributed by atoms with Crippen LogP contribution in [0.2, 0.25) is 0 Å². The molecule has 0 aromatic carbocycles. The number of carbonyl (C=O) groups excluding carboxylic acids is 3. The molecule has 0 spiro atoms. The second-order valence-corrected chi connectivity index (χ2v) is 6.92. The second kappa shape index (κ2) is 11.6. The van der Waals surface area contributed by atoms with Crippen LogP contribution in [-0.4, -0.2) is 81.7 Å². The summed E-state index contributed by atoms with van der Waals surface area (Å²) in [4.78, 5) is 45.6. The van der Waals surface area contributed by atoms with Gasteiger partial charge in [0.25, 0.3) is 0 Å². The van der Waals surface area contributed by atoms with Crippen molar-refractivity contribution in [2.45, 2.75) is 31.5 Å². The van der Waals surface area contributed by atoms with Gasteiger partial charge in [-0.15, -0.1) is 0 Å². The van der Waals surface area contributed by atoms with Gasteiger partial charge in [-0.25, -0.2) is 4.79 Å². The van der Waals surface area contributed by atoms with E-state index < -0.39 is 66.1 Å². The number of nitrogens with one attached hydrogen (secondary N) is 3. The normalized spacial score (nSPS) is 14.3. The zero-order valence-electron chi connectivity index (χ0n) is 14.0. The van der Waals surface area contributed by atoms with Crippen LogP contribution < -0.4 is 21.7 Å². The molecular weight excluding hydrogens is 356 g/mol. The number of carboxylic acid groups (broad SMARTS) is 1. The number of carbonyl (C=O) groups is 4. The summed E-state index contributed by atoms with van der Waals surface area (Å²) in [6.45, 7) is 0.404. The third-order valence-electron chi connectivity index (χ3n) is 3.03. The van der Waals surface area contributed by atoms with Crippen molar-refractivity contribution in [1.82, 2.24) is 16.0 Å². The largest absolute Gasteiger partial charge is 0.480 e. The van der Waals surface area contributed by atoms with Crippen molar-refractivity contribution in [3.05, 3.63) is 0 Å². The smallest absolute Gasteiger partial charge is 0.326 e. The molecule has 25 heavy (non-hydrogen) atoms. The van der Waals surface area contributed by atoms with Gasteiger partial charge in [0.05, 0.1) is 19.2 Å². The molecule has 0 aliphatic rings. The first-order valence-corrected chi connectivity index (χ1v) is 9.12. The van der Waals surface area contributed by atoms with Crippen LogP contribution in [0, 0.1) is 0 Å². The van der Waals surface area contributed by atoms with Crippen LogP contribution in [0.4, 0.5) is 0 Å². The van der Waals surface area contributed by atoms with Crippen LogP contribution in [0.3, 0.4) is 0 Å². The molecule has 0 aromatic rings. The zero-order chi connectivity index (χ0) is 19.6. The van der Waals surface area contributed by atoms with Gasteiger partial charge in [-0.05, 0) is 19.6 Å². The first kappa shape index (κ1) is 23.1. The Balaban J connectivity index is 4.20. The molecule has 0 bridgehead atoms. The summed E-state index contributed by atoms with van der Waals surface area (Å²) in [5.74, 6) is -3.15. The molecule has 0 fully saturated rings. The maximum Gasteiger partial charge on any atom is 0.326 e. The lowest BCUT2D eigenvalue weighted by molar-refractivity contribution is -0.141. The van der Waals surface area contributed by atoms with Crippen molar-refractivity contribution in [1.29, 1.82) is 0 Å². The average Bonchev–Trinajstić information content (AvgIpc) is 2.52. The number of aliphatic hydroxyl groups excluding tert-OH is 1. The summed E-state index contributed by atoms with van der Waals surface area (Å²) in [5.41, 5.74) is 5.37. The van der Waals surface area contributed by atoms with Crippen molar-refractivity contribution in [3.63, 3.8) is 0 Å². The molecule has 12 heteroatoms. The predicted molar refractivity (Wildman–Crippen MR) is 90.9 cm³/mol. The quantitative estimate of drug-likeness (QED) is 0.200. The van der Waals surface area contributed by atoms with E-state index >= 15 is 0 Å². The Morgan fingerprint density at radius 2 is 1.68 bits per heavy atom. The van der Waals surface area contributed by atoms with Crippen LogP contribution in [0.15, 0.2) is 0 Å². The molecule has 8 N–H and O–H groups in total. The van der Waals surface area contributed by atoms with Gasteiger partial charge in [0.1, 0.15) is 12.1 Å². The highest BCUT2D eigenvalue weighted by molar-refractivity contribution is 8.11. The maximum atomic E-state index is 11.7. The van der Waals surface area contributed by atoms with Crippen LogP contribution in [0.1, 0.15) is 13.3 Å². The minimum Gasteiger partial charge on any atom is -0.480 e. The fraction of sp³-hybridized carbons (Fsp3) is 0.692. The topological polar surface area (TPSA) is 191 Å². The van der Waals surface area contributed by atoms with Gasteiger partial charge in [0, 0.05) is 5.75 Å². The summed E-state index contributed by atoms with van der Waals surface area (Å²) < 4.78 is 9.18. The summed E-state index contributed by atoms with van der Waals surface area (Å²) >= 11 is -0.946. The molecule has 145 valence electrons. The highest BCUT2D eigenvalue weighted by Crippen LogP contribution is 2.14. The number of nitrogens with two attached hydrogens (primary N) is 1. The Bertz CT molecular complexity index is 487. The maximum absolute atomic E-state index is 11.7. The fourth-order valence-electron chi connectivity index (χ4n) is 1.54. The van der Waals surface area contributed by atoms with Gasteiger partial charge in [0.2, 0.25) is 17.7 Å². The van der Waals surface area contributed by atoms with E-state index in [9.17, 15) is 23.7 Å². The predicted octanol–water partition coefficient (Wildman–Crippen LogP) is -2.74. The molecule has 0 aliphatic heterocycles. The average molecular weight is 381 g/mol. The Hall–Kier alpha value is -1.89. The summed E-state index contributed by atoms with van der Waals surface area (Å²) in [5, 5.41) is 24.8. The molecule has 11 nitrogen and oxygen atoms in total. The van der Waals surface area contributed by atoms with Crippen molar-refractivity contribution in [2.24, 2.45) is 5.73 Å². The van der Waals surface area contributed by atoms with E-state index in [4.69, 9.17) is 15.9 Å². The van der Waals surface area contributed by atoms with Gasteiger partial charge in [-0.1, -0.05) is 11.2 Å². The van der Waals surface area contributed by atoms with Gasteiger partial charge < -0.3 is 36.4 Å². The number of aliphatic carboxylic acids is 1. The molecule has 1 radical (unpaired) electrons. The molecule has 0 saturated heterocycles.